The third-order valence-electron chi connectivity index (χ3n) is 1.95. The quantitative estimate of drug-likeness (QED) is 0.806. The Morgan fingerprint density at radius 3 is 2.59 bits per heavy atom. The molecule has 17 heavy (non-hydrogen) atoms. The second-order valence-electron chi connectivity index (χ2n) is 3.70. The number of carboxylic acids is 1. The predicted molar refractivity (Wildman–Crippen MR) is 65.8 cm³/mol. The maximum Gasteiger partial charge on any atom is 0.320 e. The second-order valence-corrected chi connectivity index (χ2v) is 5.42. The minimum atomic E-state index is -3.84. The van der Waals surface area contributed by atoms with Crippen molar-refractivity contribution in [2.75, 3.05) is 29.5 Å². The van der Waals surface area contributed by atoms with Crippen molar-refractivity contribution in [1.29, 1.82) is 0 Å². The molecule has 94 valence electrons. The summed E-state index contributed by atoms with van der Waals surface area (Å²) in [6.45, 7) is 0. The SMILES string of the molecule is CN(C)c1cccc(NS(=O)(=O)CC(=O)O)c1. The largest absolute Gasteiger partial charge is 0.480 e. The summed E-state index contributed by atoms with van der Waals surface area (Å²) < 4.78 is 25.0. The van der Waals surface area contributed by atoms with Gasteiger partial charge in [0, 0.05) is 19.8 Å². The van der Waals surface area contributed by atoms with Crippen LogP contribution in [-0.4, -0.2) is 39.3 Å². The first-order chi connectivity index (χ1) is 7.80. The van der Waals surface area contributed by atoms with Crippen molar-refractivity contribution in [1.82, 2.24) is 0 Å². The van der Waals surface area contributed by atoms with E-state index in [0.29, 0.717) is 5.69 Å². The summed E-state index contributed by atoms with van der Waals surface area (Å²) >= 11 is 0. The first-order valence-electron chi connectivity index (χ1n) is 4.80. The van der Waals surface area contributed by atoms with E-state index in [2.05, 4.69) is 4.72 Å². The van der Waals surface area contributed by atoms with Gasteiger partial charge < -0.3 is 10.0 Å². The molecule has 1 rings (SSSR count). The van der Waals surface area contributed by atoms with Crippen molar-refractivity contribution in [2.45, 2.75) is 0 Å². The molecular formula is C10H14N2O4S. The van der Waals surface area contributed by atoms with Crippen LogP contribution >= 0.6 is 0 Å². The molecular weight excluding hydrogens is 244 g/mol. The summed E-state index contributed by atoms with van der Waals surface area (Å²) in [5, 5.41) is 8.44. The number of sulfonamides is 1. The molecule has 0 radical (unpaired) electrons. The molecule has 0 fully saturated rings. The Morgan fingerprint density at radius 2 is 2.06 bits per heavy atom. The topological polar surface area (TPSA) is 86.7 Å². The number of carbonyl (C=O) groups is 1. The second kappa shape index (κ2) is 5.05. The van der Waals surface area contributed by atoms with E-state index >= 15 is 0 Å². The van der Waals surface area contributed by atoms with Gasteiger partial charge in [-0.05, 0) is 18.2 Å². The summed E-state index contributed by atoms with van der Waals surface area (Å²) in [6.07, 6.45) is 0. The van der Waals surface area contributed by atoms with E-state index in [9.17, 15) is 13.2 Å². The van der Waals surface area contributed by atoms with Crippen molar-refractivity contribution >= 4 is 27.4 Å². The number of benzene rings is 1. The van der Waals surface area contributed by atoms with Crippen LogP contribution in [0.1, 0.15) is 0 Å². The van der Waals surface area contributed by atoms with Gasteiger partial charge in [0.05, 0.1) is 5.69 Å². The molecule has 0 amide bonds. The number of hydrogen-bond donors (Lipinski definition) is 2. The molecule has 7 heteroatoms. The Labute approximate surface area is 99.9 Å². The smallest absolute Gasteiger partial charge is 0.320 e. The average Bonchev–Trinajstić information content (AvgIpc) is 2.14. The van der Waals surface area contributed by atoms with Crippen LogP contribution in [0.25, 0.3) is 0 Å². The first kappa shape index (κ1) is 13.3. The molecule has 0 spiro atoms. The van der Waals surface area contributed by atoms with Crippen molar-refractivity contribution in [3.8, 4) is 0 Å². The minimum absolute atomic E-state index is 0.345. The van der Waals surface area contributed by atoms with E-state index in [1.807, 2.05) is 25.1 Å². The highest BCUT2D eigenvalue weighted by atomic mass is 32.2. The molecule has 0 saturated heterocycles. The molecule has 0 aliphatic heterocycles. The van der Waals surface area contributed by atoms with E-state index in [0.717, 1.165) is 5.69 Å². The van der Waals surface area contributed by atoms with Gasteiger partial charge in [-0.2, -0.15) is 0 Å². The van der Waals surface area contributed by atoms with Crippen LogP contribution in [0.4, 0.5) is 11.4 Å². The molecule has 0 heterocycles. The number of rotatable bonds is 5. The molecule has 0 saturated carbocycles. The molecule has 0 aliphatic rings. The Bertz CT molecular complexity index is 511. The zero-order valence-corrected chi connectivity index (χ0v) is 10.4. The van der Waals surface area contributed by atoms with Gasteiger partial charge in [0.1, 0.15) is 0 Å². The van der Waals surface area contributed by atoms with Crippen molar-refractivity contribution in [3.05, 3.63) is 24.3 Å². The number of nitrogens with zero attached hydrogens (tertiary/aromatic N) is 1. The Kier molecular flexibility index (Phi) is 3.95. The average molecular weight is 258 g/mol. The van der Waals surface area contributed by atoms with Gasteiger partial charge in [-0.15, -0.1) is 0 Å². The van der Waals surface area contributed by atoms with E-state index in [-0.39, 0.29) is 0 Å². The normalized spacial score (nSPS) is 10.9. The number of nitrogens with one attached hydrogen (secondary N) is 1. The third-order valence-corrected chi connectivity index (χ3v) is 3.12. The highest BCUT2D eigenvalue weighted by Gasteiger charge is 2.15. The van der Waals surface area contributed by atoms with E-state index in [4.69, 9.17) is 5.11 Å². The lowest BCUT2D eigenvalue weighted by molar-refractivity contribution is -0.134. The molecule has 0 unspecified atom stereocenters. The Hall–Kier alpha value is -1.76. The monoisotopic (exact) mass is 258 g/mol. The standard InChI is InChI=1S/C10H14N2O4S/c1-12(2)9-5-3-4-8(6-9)11-17(15,16)7-10(13)14/h3-6,11H,7H2,1-2H3,(H,13,14). The van der Waals surface area contributed by atoms with Gasteiger partial charge >= 0.3 is 5.97 Å². The van der Waals surface area contributed by atoms with Crippen LogP contribution < -0.4 is 9.62 Å². The van der Waals surface area contributed by atoms with E-state index in [1.54, 1.807) is 18.2 Å². The Balaban J connectivity index is 2.88. The zero-order valence-electron chi connectivity index (χ0n) is 9.54. The number of aliphatic carboxylic acids is 1. The van der Waals surface area contributed by atoms with Crippen LogP contribution in [0.15, 0.2) is 24.3 Å². The fraction of sp³-hybridized carbons (Fsp3) is 0.300. The van der Waals surface area contributed by atoms with Crippen molar-refractivity contribution in [2.24, 2.45) is 0 Å². The summed E-state index contributed by atoms with van der Waals surface area (Å²) in [5.41, 5.74) is 1.16. The molecule has 1 aromatic rings. The van der Waals surface area contributed by atoms with Gasteiger partial charge in [0.25, 0.3) is 0 Å². The van der Waals surface area contributed by atoms with E-state index in [1.165, 1.54) is 0 Å². The minimum Gasteiger partial charge on any atom is -0.480 e. The molecule has 0 aliphatic carbocycles. The summed E-state index contributed by atoms with van der Waals surface area (Å²) in [5.74, 6) is -2.33. The van der Waals surface area contributed by atoms with Crippen LogP contribution in [0, 0.1) is 0 Å². The van der Waals surface area contributed by atoms with Gasteiger partial charge in [-0.25, -0.2) is 8.42 Å². The lowest BCUT2D eigenvalue weighted by Crippen LogP contribution is -2.22. The molecule has 1 aromatic carbocycles. The number of anilines is 2. The maximum absolute atomic E-state index is 11.4. The molecule has 0 bridgehead atoms. The van der Waals surface area contributed by atoms with Crippen molar-refractivity contribution < 1.29 is 18.3 Å². The molecule has 0 atom stereocenters. The van der Waals surface area contributed by atoms with Gasteiger partial charge in [-0.1, -0.05) is 6.07 Å². The highest BCUT2D eigenvalue weighted by molar-refractivity contribution is 7.93. The van der Waals surface area contributed by atoms with Crippen LogP contribution in [-0.2, 0) is 14.8 Å². The fourth-order valence-electron chi connectivity index (χ4n) is 1.23. The van der Waals surface area contributed by atoms with Gasteiger partial charge in [0.2, 0.25) is 10.0 Å². The number of hydrogen-bond acceptors (Lipinski definition) is 4. The van der Waals surface area contributed by atoms with Crippen LogP contribution in [0.5, 0.6) is 0 Å². The van der Waals surface area contributed by atoms with Gasteiger partial charge in [0.15, 0.2) is 5.75 Å². The van der Waals surface area contributed by atoms with Crippen LogP contribution in [0.2, 0.25) is 0 Å². The predicted octanol–water partition coefficient (Wildman–Crippen LogP) is 0.579. The lowest BCUT2D eigenvalue weighted by atomic mass is 10.3. The summed E-state index contributed by atoms with van der Waals surface area (Å²) in [4.78, 5) is 12.2. The third kappa shape index (κ3) is 4.31. The molecule has 2 N–H and O–H groups in total. The maximum atomic E-state index is 11.4. The zero-order chi connectivity index (χ0) is 13.1. The fourth-order valence-corrected chi connectivity index (χ4v) is 2.11. The van der Waals surface area contributed by atoms with Gasteiger partial charge in [-0.3, -0.25) is 9.52 Å². The molecule has 0 aromatic heterocycles. The first-order valence-corrected chi connectivity index (χ1v) is 6.45. The molecule has 6 nitrogen and oxygen atoms in total. The van der Waals surface area contributed by atoms with E-state index < -0.39 is 21.7 Å². The number of carboxylic acid groups (broad SMARTS) is 1. The summed E-state index contributed by atoms with van der Waals surface area (Å²) in [6, 6.07) is 6.69. The van der Waals surface area contributed by atoms with Crippen molar-refractivity contribution in [3.63, 3.8) is 0 Å². The highest BCUT2D eigenvalue weighted by Crippen LogP contribution is 2.18. The lowest BCUT2D eigenvalue weighted by Gasteiger charge is -2.14. The van der Waals surface area contributed by atoms with Crippen LogP contribution in [0.3, 0.4) is 0 Å². The summed E-state index contributed by atoms with van der Waals surface area (Å²) in [7, 11) is -0.196. The Morgan fingerprint density at radius 1 is 1.41 bits per heavy atom.